The van der Waals surface area contributed by atoms with Crippen molar-refractivity contribution in [3.8, 4) is 0 Å². The van der Waals surface area contributed by atoms with Crippen LogP contribution in [0.4, 0.5) is 15.8 Å². The first-order chi connectivity index (χ1) is 14.1. The molecule has 0 saturated carbocycles. The van der Waals surface area contributed by atoms with Gasteiger partial charge in [-0.2, -0.15) is 0 Å². The molecule has 1 amide bonds. The number of fused-ring (bicyclic) bond motifs is 2. The molecule has 0 bridgehead atoms. The monoisotopic (exact) mass is 401 g/mol. The van der Waals surface area contributed by atoms with Crippen LogP contribution in [-0.4, -0.2) is 16.7 Å². The van der Waals surface area contributed by atoms with Gasteiger partial charge in [0.05, 0.1) is 5.71 Å². The van der Waals surface area contributed by atoms with Gasteiger partial charge in [0.25, 0.3) is 5.91 Å². The first-order valence-corrected chi connectivity index (χ1v) is 9.64. The predicted molar refractivity (Wildman–Crippen MR) is 116 cm³/mol. The lowest BCUT2D eigenvalue weighted by molar-refractivity contribution is -0.120. The molecule has 4 nitrogen and oxygen atoms in total. The van der Waals surface area contributed by atoms with E-state index in [1.807, 2.05) is 59.5 Å². The van der Waals surface area contributed by atoms with Crippen LogP contribution in [0.25, 0.3) is 0 Å². The van der Waals surface area contributed by atoms with Gasteiger partial charge in [-0.25, -0.2) is 9.38 Å². The zero-order valence-corrected chi connectivity index (χ0v) is 16.1. The van der Waals surface area contributed by atoms with E-state index in [2.05, 4.69) is 10.3 Å². The Labute approximate surface area is 172 Å². The number of nitrogens with zero attached hydrogens (tertiary/aromatic N) is 2. The first-order valence-electron chi connectivity index (χ1n) is 9.23. The summed E-state index contributed by atoms with van der Waals surface area (Å²) in [6.07, 6.45) is 0.316. The van der Waals surface area contributed by atoms with Gasteiger partial charge in [0, 0.05) is 23.4 Å². The standard InChI is InChI=1S/C23H16FN3OS/c24-16-12-10-15(11-13-16)20-14-23(18-8-4-5-9-19(18)25-21(23)28)27(22(29)26-20)17-6-2-1-3-7-17/h1-13H,14H2,(H,25,28)/t23-/m0/s1. The van der Waals surface area contributed by atoms with E-state index >= 15 is 0 Å². The van der Waals surface area contributed by atoms with E-state index in [0.717, 1.165) is 22.5 Å². The summed E-state index contributed by atoms with van der Waals surface area (Å²) in [7, 11) is 0. The van der Waals surface area contributed by atoms with Crippen LogP contribution in [0.1, 0.15) is 17.5 Å². The summed E-state index contributed by atoms with van der Waals surface area (Å²) in [4.78, 5) is 19.9. The normalized spacial score (nSPS) is 20.4. The Morgan fingerprint density at radius 2 is 1.66 bits per heavy atom. The molecule has 6 heteroatoms. The molecular formula is C23H16FN3OS. The van der Waals surface area contributed by atoms with E-state index in [1.165, 1.54) is 12.1 Å². The van der Waals surface area contributed by atoms with Crippen molar-refractivity contribution in [3.63, 3.8) is 0 Å². The van der Waals surface area contributed by atoms with Gasteiger partial charge in [-0.3, -0.25) is 9.69 Å². The average Bonchev–Trinajstić information content (AvgIpc) is 3.00. The summed E-state index contributed by atoms with van der Waals surface area (Å²) in [6, 6.07) is 23.3. The molecule has 0 radical (unpaired) electrons. The maximum absolute atomic E-state index is 13.4. The third-order valence-corrected chi connectivity index (χ3v) is 5.69. The fourth-order valence-electron chi connectivity index (χ4n) is 4.10. The van der Waals surface area contributed by atoms with Crippen molar-refractivity contribution >= 4 is 40.3 Å². The number of benzene rings is 3. The zero-order chi connectivity index (χ0) is 20.0. The molecule has 5 rings (SSSR count). The molecule has 0 fully saturated rings. The average molecular weight is 401 g/mol. The van der Waals surface area contributed by atoms with Gasteiger partial charge in [0.1, 0.15) is 5.82 Å². The third-order valence-electron chi connectivity index (χ3n) is 5.42. The molecule has 1 spiro atoms. The van der Waals surface area contributed by atoms with E-state index < -0.39 is 5.54 Å². The van der Waals surface area contributed by atoms with Crippen LogP contribution in [-0.2, 0) is 10.3 Å². The number of carbonyl (C=O) groups excluding carboxylic acids is 1. The van der Waals surface area contributed by atoms with E-state index in [1.54, 1.807) is 12.1 Å². The Bertz CT molecular complexity index is 1160. The molecule has 1 atom stereocenters. The summed E-state index contributed by atoms with van der Waals surface area (Å²) in [5.41, 5.74) is 2.77. The Kier molecular flexibility index (Phi) is 4.03. The second-order valence-electron chi connectivity index (χ2n) is 7.06. The Hall–Kier alpha value is -3.38. The molecule has 0 saturated heterocycles. The number of thiocarbonyl (C=S) groups is 1. The number of carbonyl (C=O) groups is 1. The van der Waals surface area contributed by atoms with Gasteiger partial charge >= 0.3 is 0 Å². The quantitative estimate of drug-likeness (QED) is 0.636. The smallest absolute Gasteiger partial charge is 0.255 e. The predicted octanol–water partition coefficient (Wildman–Crippen LogP) is 4.66. The van der Waals surface area contributed by atoms with E-state index in [0.29, 0.717) is 17.2 Å². The number of amides is 1. The topological polar surface area (TPSA) is 44.7 Å². The molecule has 0 aliphatic carbocycles. The van der Waals surface area contributed by atoms with Crippen molar-refractivity contribution < 1.29 is 9.18 Å². The van der Waals surface area contributed by atoms with Gasteiger partial charge in [0.15, 0.2) is 5.54 Å². The van der Waals surface area contributed by atoms with E-state index in [4.69, 9.17) is 12.2 Å². The molecular weight excluding hydrogens is 385 g/mol. The number of nitrogens with one attached hydrogen (secondary N) is 1. The van der Waals surface area contributed by atoms with Crippen LogP contribution < -0.4 is 10.2 Å². The molecule has 3 aromatic carbocycles. The maximum Gasteiger partial charge on any atom is 0.255 e. The van der Waals surface area contributed by atoms with Gasteiger partial charge < -0.3 is 5.32 Å². The van der Waals surface area contributed by atoms with Crippen LogP contribution in [0, 0.1) is 5.82 Å². The second kappa shape index (κ2) is 6.60. The van der Waals surface area contributed by atoms with Gasteiger partial charge in [-0.15, -0.1) is 0 Å². The summed E-state index contributed by atoms with van der Waals surface area (Å²) in [5, 5.41) is 3.30. The van der Waals surface area contributed by atoms with Crippen LogP contribution in [0.5, 0.6) is 0 Å². The van der Waals surface area contributed by atoms with Crippen LogP contribution in [0.15, 0.2) is 83.9 Å². The minimum Gasteiger partial charge on any atom is -0.323 e. The third kappa shape index (κ3) is 2.68. The van der Waals surface area contributed by atoms with Crippen molar-refractivity contribution in [2.75, 3.05) is 10.2 Å². The molecule has 2 aliphatic rings. The lowest BCUT2D eigenvalue weighted by atomic mass is 9.81. The van der Waals surface area contributed by atoms with Crippen LogP contribution in [0.3, 0.4) is 0 Å². The Morgan fingerprint density at radius 3 is 2.41 bits per heavy atom. The fraction of sp³-hybridized carbons (Fsp3) is 0.0870. The Balaban J connectivity index is 1.74. The lowest BCUT2D eigenvalue weighted by Gasteiger charge is -2.43. The van der Waals surface area contributed by atoms with E-state index in [-0.39, 0.29) is 11.7 Å². The summed E-state index contributed by atoms with van der Waals surface area (Å²) >= 11 is 5.69. The second-order valence-corrected chi connectivity index (χ2v) is 7.42. The summed E-state index contributed by atoms with van der Waals surface area (Å²) in [5.74, 6) is -0.475. The highest BCUT2D eigenvalue weighted by atomic mass is 32.1. The van der Waals surface area contributed by atoms with Crippen molar-refractivity contribution in [3.05, 3.63) is 95.8 Å². The maximum atomic E-state index is 13.4. The molecule has 0 aromatic heterocycles. The van der Waals surface area contributed by atoms with Crippen LogP contribution >= 0.6 is 12.2 Å². The SMILES string of the molecule is O=C1Nc2ccccc2[C@@]12CC(c1ccc(F)cc1)=NC(=S)N2c1ccccc1. The van der Waals surface area contributed by atoms with Gasteiger partial charge in [-0.05, 0) is 48.1 Å². The van der Waals surface area contributed by atoms with Gasteiger partial charge in [0.2, 0.25) is 5.11 Å². The molecule has 142 valence electrons. The highest BCUT2D eigenvalue weighted by Gasteiger charge is 2.55. The minimum atomic E-state index is -1.06. The first kappa shape index (κ1) is 17.7. The minimum absolute atomic E-state index is 0.153. The van der Waals surface area contributed by atoms with Crippen molar-refractivity contribution in [1.82, 2.24) is 0 Å². The molecule has 1 N–H and O–H groups in total. The molecule has 2 aliphatic heterocycles. The number of hydrogen-bond acceptors (Lipinski definition) is 2. The van der Waals surface area contributed by atoms with Crippen LogP contribution in [0.2, 0.25) is 0 Å². The highest BCUT2D eigenvalue weighted by molar-refractivity contribution is 7.80. The number of hydrogen-bond donors (Lipinski definition) is 1. The number of anilines is 2. The lowest BCUT2D eigenvalue weighted by Crippen LogP contribution is -2.57. The fourth-order valence-corrected chi connectivity index (χ4v) is 4.48. The van der Waals surface area contributed by atoms with Gasteiger partial charge in [-0.1, -0.05) is 48.5 Å². The van der Waals surface area contributed by atoms with Crippen molar-refractivity contribution in [2.45, 2.75) is 12.0 Å². The number of rotatable bonds is 2. The van der Waals surface area contributed by atoms with Crippen molar-refractivity contribution in [1.29, 1.82) is 0 Å². The zero-order valence-electron chi connectivity index (χ0n) is 15.3. The Morgan fingerprint density at radius 1 is 0.966 bits per heavy atom. The highest BCUT2D eigenvalue weighted by Crippen LogP contribution is 2.47. The van der Waals surface area contributed by atoms with E-state index in [9.17, 15) is 9.18 Å². The largest absolute Gasteiger partial charge is 0.323 e. The van der Waals surface area contributed by atoms with Crippen molar-refractivity contribution in [2.24, 2.45) is 4.99 Å². The number of halogens is 1. The molecule has 2 heterocycles. The summed E-state index contributed by atoms with van der Waals surface area (Å²) < 4.78 is 13.4. The number of para-hydroxylation sites is 2. The molecule has 0 unspecified atom stereocenters. The number of aliphatic imine (C=N–C) groups is 1. The summed E-state index contributed by atoms with van der Waals surface area (Å²) in [6.45, 7) is 0. The molecule has 29 heavy (non-hydrogen) atoms. The molecule has 3 aromatic rings.